The van der Waals surface area contributed by atoms with Crippen LogP contribution in [-0.4, -0.2) is 10.5 Å². The van der Waals surface area contributed by atoms with E-state index in [0.29, 0.717) is 23.2 Å². The van der Waals surface area contributed by atoms with Crippen LogP contribution in [0.2, 0.25) is 0 Å². The van der Waals surface area contributed by atoms with Gasteiger partial charge in [-0.05, 0) is 42.8 Å². The molecule has 2 aromatic carbocycles. The lowest BCUT2D eigenvalue weighted by molar-refractivity contribution is -0.117. The summed E-state index contributed by atoms with van der Waals surface area (Å²) >= 11 is 0. The molecule has 142 valence electrons. The van der Waals surface area contributed by atoms with Gasteiger partial charge in [-0.25, -0.2) is 4.79 Å². The first-order chi connectivity index (χ1) is 13.5. The fourth-order valence-electron chi connectivity index (χ4n) is 3.22. The van der Waals surface area contributed by atoms with Crippen molar-refractivity contribution in [3.8, 4) is 0 Å². The monoisotopic (exact) mass is 376 g/mol. The third kappa shape index (κ3) is 3.49. The van der Waals surface area contributed by atoms with Gasteiger partial charge in [-0.2, -0.15) is 0 Å². The van der Waals surface area contributed by atoms with Crippen LogP contribution < -0.4 is 11.1 Å². The predicted molar refractivity (Wildman–Crippen MR) is 106 cm³/mol. The molecular formula is C22H20N2O4. The highest BCUT2D eigenvalue weighted by atomic mass is 16.4. The van der Waals surface area contributed by atoms with Gasteiger partial charge >= 0.3 is 5.76 Å². The van der Waals surface area contributed by atoms with Crippen LogP contribution in [0.1, 0.15) is 22.8 Å². The van der Waals surface area contributed by atoms with Gasteiger partial charge in [0, 0.05) is 19.2 Å². The lowest BCUT2D eigenvalue weighted by atomic mass is 9.93. The lowest BCUT2D eigenvalue weighted by Gasteiger charge is -2.17. The molecule has 0 bridgehead atoms. The van der Waals surface area contributed by atoms with Crippen LogP contribution in [0.15, 0.2) is 74.5 Å². The lowest BCUT2D eigenvalue weighted by Crippen LogP contribution is -2.23. The average Bonchev–Trinajstić information content (AvgIpc) is 3.29. The second-order valence-electron chi connectivity index (χ2n) is 6.85. The summed E-state index contributed by atoms with van der Waals surface area (Å²) in [4.78, 5) is 24.8. The second-order valence-corrected chi connectivity index (χ2v) is 6.85. The van der Waals surface area contributed by atoms with Crippen molar-refractivity contribution in [2.45, 2.75) is 19.3 Å². The van der Waals surface area contributed by atoms with Crippen molar-refractivity contribution in [1.29, 1.82) is 0 Å². The Morgan fingerprint density at radius 2 is 1.93 bits per heavy atom. The zero-order valence-corrected chi connectivity index (χ0v) is 15.6. The van der Waals surface area contributed by atoms with Gasteiger partial charge < -0.3 is 14.2 Å². The Hall–Kier alpha value is -3.54. The summed E-state index contributed by atoms with van der Waals surface area (Å²) < 4.78 is 12.0. The molecule has 1 N–H and O–H groups in total. The molecule has 0 spiro atoms. The number of nitrogens with zero attached hydrogens (tertiary/aromatic N) is 1. The Morgan fingerprint density at radius 3 is 2.64 bits per heavy atom. The predicted octanol–water partition coefficient (Wildman–Crippen LogP) is 4.00. The zero-order chi connectivity index (χ0) is 19.7. The van der Waals surface area contributed by atoms with Gasteiger partial charge in [-0.1, -0.05) is 29.8 Å². The smallest absolute Gasteiger partial charge is 0.419 e. The van der Waals surface area contributed by atoms with Crippen molar-refractivity contribution in [3.63, 3.8) is 0 Å². The van der Waals surface area contributed by atoms with Crippen LogP contribution in [0.5, 0.6) is 0 Å². The van der Waals surface area contributed by atoms with E-state index in [1.807, 2.05) is 43.3 Å². The highest BCUT2D eigenvalue weighted by molar-refractivity contribution is 5.97. The van der Waals surface area contributed by atoms with Crippen LogP contribution in [-0.2, 0) is 18.3 Å². The van der Waals surface area contributed by atoms with Crippen molar-refractivity contribution in [2.75, 3.05) is 5.32 Å². The zero-order valence-electron chi connectivity index (χ0n) is 15.6. The molecule has 0 aliphatic carbocycles. The van der Waals surface area contributed by atoms with Crippen molar-refractivity contribution in [3.05, 3.63) is 88.3 Å². The van der Waals surface area contributed by atoms with E-state index >= 15 is 0 Å². The van der Waals surface area contributed by atoms with E-state index in [2.05, 4.69) is 5.32 Å². The Labute approximate surface area is 161 Å². The molecule has 1 amide bonds. The Balaban J connectivity index is 1.64. The molecule has 0 aliphatic rings. The quantitative estimate of drug-likeness (QED) is 0.571. The van der Waals surface area contributed by atoms with Gasteiger partial charge in [0.25, 0.3) is 0 Å². The minimum absolute atomic E-state index is 0.145. The summed E-state index contributed by atoms with van der Waals surface area (Å²) in [5.74, 6) is -0.244. The number of carbonyl (C=O) groups is 1. The van der Waals surface area contributed by atoms with Crippen molar-refractivity contribution >= 4 is 22.7 Å². The van der Waals surface area contributed by atoms with E-state index in [9.17, 15) is 9.59 Å². The second kappa shape index (κ2) is 7.23. The molecule has 4 aromatic rings. The third-order valence-electron chi connectivity index (χ3n) is 4.84. The van der Waals surface area contributed by atoms with Crippen LogP contribution in [0.4, 0.5) is 5.69 Å². The number of anilines is 1. The van der Waals surface area contributed by atoms with Gasteiger partial charge in [-0.15, -0.1) is 0 Å². The molecule has 1 unspecified atom stereocenters. The minimum atomic E-state index is -0.436. The summed E-state index contributed by atoms with van der Waals surface area (Å²) in [6.07, 6.45) is 2.06. The first-order valence-electron chi connectivity index (χ1n) is 9.00. The first-order valence-corrected chi connectivity index (χ1v) is 9.00. The molecule has 4 rings (SSSR count). The highest BCUT2D eigenvalue weighted by Crippen LogP contribution is 2.25. The maximum atomic E-state index is 13.1. The van der Waals surface area contributed by atoms with E-state index in [0.717, 1.165) is 16.9 Å². The van der Waals surface area contributed by atoms with Crippen LogP contribution in [0, 0.1) is 6.92 Å². The van der Waals surface area contributed by atoms with E-state index in [1.54, 1.807) is 31.5 Å². The number of nitrogens with one attached hydrogen (secondary N) is 1. The summed E-state index contributed by atoms with van der Waals surface area (Å²) in [6.45, 7) is 2.01. The first kappa shape index (κ1) is 17.9. The van der Waals surface area contributed by atoms with Gasteiger partial charge in [0.2, 0.25) is 5.91 Å². The van der Waals surface area contributed by atoms with Crippen LogP contribution in [0.3, 0.4) is 0 Å². The summed E-state index contributed by atoms with van der Waals surface area (Å²) in [6, 6.07) is 16.7. The number of fused-ring (bicyclic) bond motifs is 1. The van der Waals surface area contributed by atoms with E-state index < -0.39 is 11.7 Å². The molecule has 0 fully saturated rings. The molecule has 0 radical (unpaired) electrons. The number of amides is 1. The SMILES string of the molecule is Cc1ccc(C(Cc2ccco2)C(=O)Nc2ccc3oc(=O)n(C)c3c2)cc1. The number of hydrogen-bond donors (Lipinski definition) is 1. The molecule has 2 aromatic heterocycles. The molecular weight excluding hydrogens is 356 g/mol. The van der Waals surface area contributed by atoms with Crippen LogP contribution in [0.25, 0.3) is 11.1 Å². The normalized spacial score (nSPS) is 12.2. The molecule has 0 aliphatic heterocycles. The number of aryl methyl sites for hydroxylation is 2. The van der Waals surface area contributed by atoms with Gasteiger partial charge in [0.05, 0.1) is 17.7 Å². The van der Waals surface area contributed by atoms with E-state index in [1.165, 1.54) is 4.57 Å². The molecule has 0 saturated heterocycles. The minimum Gasteiger partial charge on any atom is -0.469 e. The molecule has 2 heterocycles. The van der Waals surface area contributed by atoms with Crippen molar-refractivity contribution < 1.29 is 13.6 Å². The number of aromatic nitrogens is 1. The summed E-state index contributed by atoms with van der Waals surface area (Å²) in [5, 5.41) is 2.96. The number of furan rings is 1. The Morgan fingerprint density at radius 1 is 1.14 bits per heavy atom. The molecule has 6 heteroatoms. The van der Waals surface area contributed by atoms with Crippen molar-refractivity contribution in [1.82, 2.24) is 4.57 Å². The Kier molecular flexibility index (Phi) is 4.61. The number of hydrogen-bond acceptors (Lipinski definition) is 4. The third-order valence-corrected chi connectivity index (χ3v) is 4.84. The topological polar surface area (TPSA) is 77.4 Å². The number of benzene rings is 2. The van der Waals surface area contributed by atoms with Gasteiger partial charge in [0.15, 0.2) is 5.58 Å². The maximum absolute atomic E-state index is 13.1. The van der Waals surface area contributed by atoms with Gasteiger partial charge in [0.1, 0.15) is 5.76 Å². The molecule has 1 atom stereocenters. The maximum Gasteiger partial charge on any atom is 0.419 e. The summed E-state index contributed by atoms with van der Waals surface area (Å²) in [7, 11) is 1.63. The number of rotatable bonds is 5. The molecule has 6 nitrogen and oxygen atoms in total. The summed E-state index contributed by atoms with van der Waals surface area (Å²) in [5.41, 5.74) is 3.76. The van der Waals surface area contributed by atoms with E-state index in [4.69, 9.17) is 8.83 Å². The highest BCUT2D eigenvalue weighted by Gasteiger charge is 2.23. The molecule has 0 saturated carbocycles. The average molecular weight is 376 g/mol. The molecule has 28 heavy (non-hydrogen) atoms. The number of carbonyl (C=O) groups excluding carboxylic acids is 1. The fourth-order valence-corrected chi connectivity index (χ4v) is 3.22. The van der Waals surface area contributed by atoms with Gasteiger partial charge in [-0.3, -0.25) is 9.36 Å². The Bertz CT molecular complexity index is 1170. The van der Waals surface area contributed by atoms with Crippen LogP contribution >= 0.6 is 0 Å². The van der Waals surface area contributed by atoms with Crippen molar-refractivity contribution in [2.24, 2.45) is 7.05 Å². The fraction of sp³-hybridized carbons (Fsp3) is 0.182. The number of oxazole rings is 1. The largest absolute Gasteiger partial charge is 0.469 e. The standard InChI is InChI=1S/C22H20N2O4/c1-14-5-7-15(8-6-14)18(13-17-4-3-11-27-17)21(25)23-16-9-10-20-19(12-16)24(2)22(26)28-20/h3-12,18H,13H2,1-2H3,(H,23,25). The van der Waals surface area contributed by atoms with E-state index in [-0.39, 0.29) is 5.91 Å².